The predicted octanol–water partition coefficient (Wildman–Crippen LogP) is 4.40. The molecule has 19 heavy (non-hydrogen) atoms. The van der Waals surface area contributed by atoms with Gasteiger partial charge in [0.2, 0.25) is 0 Å². The molecule has 2 aromatic rings. The van der Waals surface area contributed by atoms with Gasteiger partial charge in [-0.2, -0.15) is 0 Å². The van der Waals surface area contributed by atoms with E-state index in [1.165, 1.54) is 0 Å². The van der Waals surface area contributed by atoms with Gasteiger partial charge in [-0.15, -0.1) is 0 Å². The quantitative estimate of drug-likeness (QED) is 0.824. The lowest BCUT2D eigenvalue weighted by Gasteiger charge is -2.15. The van der Waals surface area contributed by atoms with Crippen LogP contribution in [0.4, 0.5) is 17.1 Å². The second-order valence-corrected chi connectivity index (χ2v) is 5.34. The Bertz CT molecular complexity index is 611. The minimum Gasteiger partial charge on any atom is -0.496 e. The summed E-state index contributed by atoms with van der Waals surface area (Å²) in [5, 5.41) is 3.36. The summed E-state index contributed by atoms with van der Waals surface area (Å²) < 4.78 is 6.28. The van der Waals surface area contributed by atoms with Gasteiger partial charge in [0.25, 0.3) is 0 Å². The normalized spacial score (nSPS) is 10.3. The van der Waals surface area contributed by atoms with Gasteiger partial charge in [0, 0.05) is 10.2 Å². The van der Waals surface area contributed by atoms with Crippen LogP contribution in [0.3, 0.4) is 0 Å². The van der Waals surface area contributed by atoms with Crippen molar-refractivity contribution in [3.63, 3.8) is 0 Å². The molecule has 0 spiro atoms. The fourth-order valence-corrected chi connectivity index (χ4v) is 2.32. The molecule has 0 aromatic heterocycles. The molecule has 100 valence electrons. The van der Waals surface area contributed by atoms with Crippen LogP contribution in [0.5, 0.6) is 5.75 Å². The Morgan fingerprint density at radius 3 is 2.37 bits per heavy atom. The van der Waals surface area contributed by atoms with Crippen molar-refractivity contribution < 1.29 is 4.74 Å². The molecule has 2 rings (SSSR count). The molecule has 0 aliphatic carbocycles. The number of ether oxygens (including phenoxy) is 1. The highest BCUT2D eigenvalue weighted by atomic mass is 79.9. The summed E-state index contributed by atoms with van der Waals surface area (Å²) in [7, 11) is 1.68. The maximum atomic E-state index is 6.00. The summed E-state index contributed by atoms with van der Waals surface area (Å²) in [5.41, 5.74) is 10.9. The molecule has 0 heterocycles. The summed E-state index contributed by atoms with van der Waals surface area (Å²) in [6, 6.07) is 9.76. The largest absolute Gasteiger partial charge is 0.496 e. The molecule has 0 saturated carbocycles. The van der Waals surface area contributed by atoms with E-state index in [0.717, 1.165) is 32.7 Å². The van der Waals surface area contributed by atoms with Crippen LogP contribution in [0.15, 0.2) is 34.8 Å². The van der Waals surface area contributed by atoms with Crippen molar-refractivity contribution >= 4 is 33.0 Å². The van der Waals surface area contributed by atoms with Crippen molar-refractivity contribution in [1.29, 1.82) is 0 Å². The maximum absolute atomic E-state index is 6.00. The lowest BCUT2D eigenvalue weighted by Crippen LogP contribution is -2.00. The molecule has 4 heteroatoms. The first-order valence-corrected chi connectivity index (χ1v) is 6.78. The molecule has 3 N–H and O–H groups in total. The summed E-state index contributed by atoms with van der Waals surface area (Å²) >= 11 is 3.40. The number of benzene rings is 2. The number of hydrogen-bond acceptors (Lipinski definition) is 3. The molecule has 0 radical (unpaired) electrons. The van der Waals surface area contributed by atoms with E-state index in [0.29, 0.717) is 5.69 Å². The highest BCUT2D eigenvalue weighted by Gasteiger charge is 2.08. The van der Waals surface area contributed by atoms with E-state index in [1.807, 2.05) is 37.3 Å². The first kappa shape index (κ1) is 13.7. The molecule has 0 fully saturated rings. The zero-order valence-corrected chi connectivity index (χ0v) is 12.8. The van der Waals surface area contributed by atoms with Crippen LogP contribution in [0, 0.1) is 13.8 Å². The van der Waals surface area contributed by atoms with Gasteiger partial charge in [-0.3, -0.25) is 0 Å². The molecule has 0 aliphatic heterocycles. The van der Waals surface area contributed by atoms with Crippen LogP contribution in [0.25, 0.3) is 0 Å². The number of hydrogen-bond donors (Lipinski definition) is 2. The highest BCUT2D eigenvalue weighted by molar-refractivity contribution is 9.10. The second kappa shape index (κ2) is 5.53. The number of methoxy groups -OCH3 is 1. The molecule has 0 aliphatic rings. The van der Waals surface area contributed by atoms with E-state index in [2.05, 4.69) is 28.2 Å². The fourth-order valence-electron chi connectivity index (χ4n) is 1.94. The van der Waals surface area contributed by atoms with Gasteiger partial charge in [-0.05, 0) is 55.3 Å². The van der Waals surface area contributed by atoms with Gasteiger partial charge in [-0.25, -0.2) is 0 Å². The third kappa shape index (κ3) is 2.84. The number of nitrogens with two attached hydrogens (primary N) is 1. The Morgan fingerprint density at radius 1 is 1.05 bits per heavy atom. The summed E-state index contributed by atoms with van der Waals surface area (Å²) in [6.07, 6.45) is 0. The average Bonchev–Trinajstić information content (AvgIpc) is 2.38. The molecule has 0 unspecified atom stereocenters. The van der Waals surface area contributed by atoms with Crippen LogP contribution in [-0.2, 0) is 0 Å². The zero-order valence-electron chi connectivity index (χ0n) is 11.3. The van der Waals surface area contributed by atoms with Crippen molar-refractivity contribution in [2.75, 3.05) is 18.2 Å². The number of anilines is 3. The van der Waals surface area contributed by atoms with E-state index in [-0.39, 0.29) is 0 Å². The Kier molecular flexibility index (Phi) is 4.00. The van der Waals surface area contributed by atoms with E-state index in [4.69, 9.17) is 10.5 Å². The molecular weight excluding hydrogens is 304 g/mol. The molecule has 0 amide bonds. The highest BCUT2D eigenvalue weighted by Crippen LogP contribution is 2.32. The van der Waals surface area contributed by atoms with Crippen molar-refractivity contribution in [1.82, 2.24) is 0 Å². The van der Waals surface area contributed by atoms with Gasteiger partial charge < -0.3 is 15.8 Å². The lowest BCUT2D eigenvalue weighted by atomic mass is 10.1. The smallest absolute Gasteiger partial charge is 0.122 e. The van der Waals surface area contributed by atoms with E-state index in [1.54, 1.807) is 7.11 Å². The third-order valence-corrected chi connectivity index (χ3v) is 3.73. The summed E-state index contributed by atoms with van der Waals surface area (Å²) in [4.78, 5) is 0. The van der Waals surface area contributed by atoms with Crippen molar-refractivity contribution in [2.24, 2.45) is 0 Å². The second-order valence-electron chi connectivity index (χ2n) is 4.42. The van der Waals surface area contributed by atoms with Gasteiger partial charge in [-0.1, -0.05) is 15.9 Å². The number of nitrogens with one attached hydrogen (secondary N) is 1. The maximum Gasteiger partial charge on any atom is 0.122 e. The summed E-state index contributed by atoms with van der Waals surface area (Å²) in [6.45, 7) is 4.11. The molecule has 2 aromatic carbocycles. The van der Waals surface area contributed by atoms with Gasteiger partial charge in [0.1, 0.15) is 5.75 Å². The first-order chi connectivity index (χ1) is 9.02. The summed E-state index contributed by atoms with van der Waals surface area (Å²) in [5.74, 6) is 0.895. The molecule has 0 atom stereocenters. The Morgan fingerprint density at radius 2 is 1.74 bits per heavy atom. The van der Waals surface area contributed by atoms with Crippen molar-refractivity contribution in [2.45, 2.75) is 13.8 Å². The first-order valence-electron chi connectivity index (χ1n) is 5.99. The van der Waals surface area contributed by atoms with Crippen molar-refractivity contribution in [3.8, 4) is 5.75 Å². The molecule has 0 bridgehead atoms. The third-order valence-electron chi connectivity index (χ3n) is 3.24. The van der Waals surface area contributed by atoms with Gasteiger partial charge in [0.15, 0.2) is 0 Å². The minimum atomic E-state index is 0.710. The number of halogens is 1. The topological polar surface area (TPSA) is 47.3 Å². The predicted molar refractivity (Wildman–Crippen MR) is 84.3 cm³/mol. The monoisotopic (exact) mass is 320 g/mol. The van der Waals surface area contributed by atoms with E-state index >= 15 is 0 Å². The van der Waals surface area contributed by atoms with E-state index in [9.17, 15) is 0 Å². The van der Waals surface area contributed by atoms with Gasteiger partial charge >= 0.3 is 0 Å². The SMILES string of the molecule is COc1ccc(Nc2ccc(Br)cc2N)c(C)c1C. The fraction of sp³-hybridized carbons (Fsp3) is 0.200. The molecule has 3 nitrogen and oxygen atoms in total. The zero-order chi connectivity index (χ0) is 14.0. The average molecular weight is 321 g/mol. The van der Waals surface area contributed by atoms with Crippen molar-refractivity contribution in [3.05, 3.63) is 45.9 Å². The molecule has 0 saturated heterocycles. The Balaban J connectivity index is 2.36. The van der Waals surface area contributed by atoms with E-state index < -0.39 is 0 Å². The lowest BCUT2D eigenvalue weighted by molar-refractivity contribution is 0.411. The standard InChI is InChI=1S/C15H17BrN2O/c1-9-10(2)15(19-3)7-6-13(9)18-14-5-4-11(16)8-12(14)17/h4-8,18H,17H2,1-3H3. The van der Waals surface area contributed by atoms with Crippen LogP contribution in [0.1, 0.15) is 11.1 Å². The van der Waals surface area contributed by atoms with Gasteiger partial charge in [0.05, 0.1) is 18.5 Å². The number of rotatable bonds is 3. The Hall–Kier alpha value is -1.68. The van der Waals surface area contributed by atoms with Crippen LogP contribution >= 0.6 is 15.9 Å². The van der Waals surface area contributed by atoms with Crippen LogP contribution in [0.2, 0.25) is 0 Å². The Labute approximate surface area is 121 Å². The van der Waals surface area contributed by atoms with Crippen LogP contribution < -0.4 is 15.8 Å². The van der Waals surface area contributed by atoms with Crippen LogP contribution in [-0.4, -0.2) is 7.11 Å². The molecular formula is C15H17BrN2O. The number of nitrogen functional groups attached to an aromatic ring is 1. The minimum absolute atomic E-state index is 0.710.